The molecule has 0 bridgehead atoms. The Morgan fingerprint density at radius 2 is 1.94 bits per heavy atom. The molecule has 1 rings (SSSR count). The number of carbonyl (C=O) groups excluding carboxylic acids is 1. The van der Waals surface area contributed by atoms with Crippen molar-refractivity contribution in [2.75, 3.05) is 14.2 Å². The quantitative estimate of drug-likeness (QED) is 0.863. The van der Waals surface area contributed by atoms with Gasteiger partial charge in [0.15, 0.2) is 17.8 Å². The molecule has 0 aliphatic heterocycles. The number of carbonyl (C=O) groups is 1. The number of methoxy groups -OCH3 is 2. The second kappa shape index (κ2) is 5.32. The van der Waals surface area contributed by atoms with Crippen molar-refractivity contribution in [2.45, 2.75) is 13.0 Å². The summed E-state index contributed by atoms with van der Waals surface area (Å²) in [6.07, 6.45) is 0.719. The van der Waals surface area contributed by atoms with Crippen LogP contribution < -0.4 is 15.2 Å². The molecule has 0 saturated carbocycles. The van der Waals surface area contributed by atoms with Crippen molar-refractivity contribution in [2.24, 2.45) is 5.73 Å². The first-order chi connectivity index (χ1) is 7.56. The fourth-order valence-electron chi connectivity index (χ4n) is 1.57. The van der Waals surface area contributed by atoms with E-state index >= 15 is 0 Å². The first-order valence-electron chi connectivity index (χ1n) is 4.71. The Labute approximate surface area is 103 Å². The van der Waals surface area contributed by atoms with Crippen molar-refractivity contribution in [3.63, 3.8) is 0 Å². The molecule has 0 fully saturated rings. The molecule has 0 aromatic heterocycles. The fourth-order valence-corrected chi connectivity index (χ4v) is 2.35. The molecule has 16 heavy (non-hydrogen) atoms. The van der Waals surface area contributed by atoms with E-state index in [0.717, 1.165) is 16.3 Å². The Morgan fingerprint density at radius 3 is 2.31 bits per heavy atom. The standard InChI is InChI=1S/C11H14BrNO3/c1-6(13)9-8(12)4-7(5-14)10(15-2)11(9)16-3/h4-6H,13H2,1-3H3. The topological polar surface area (TPSA) is 61.5 Å². The molecular weight excluding hydrogens is 274 g/mol. The number of rotatable bonds is 4. The van der Waals surface area contributed by atoms with Crippen LogP contribution in [0.25, 0.3) is 0 Å². The first-order valence-corrected chi connectivity index (χ1v) is 5.51. The summed E-state index contributed by atoms with van der Waals surface area (Å²) in [5, 5.41) is 0. The zero-order chi connectivity index (χ0) is 12.3. The van der Waals surface area contributed by atoms with E-state index in [4.69, 9.17) is 15.2 Å². The lowest BCUT2D eigenvalue weighted by molar-refractivity contribution is 0.112. The molecule has 88 valence electrons. The van der Waals surface area contributed by atoms with E-state index in [9.17, 15) is 4.79 Å². The number of hydrogen-bond donors (Lipinski definition) is 1. The predicted octanol–water partition coefficient (Wildman–Crippen LogP) is 2.30. The van der Waals surface area contributed by atoms with E-state index < -0.39 is 0 Å². The normalized spacial score (nSPS) is 12.1. The van der Waals surface area contributed by atoms with Crippen LogP contribution >= 0.6 is 15.9 Å². The zero-order valence-corrected chi connectivity index (χ0v) is 11.0. The maximum Gasteiger partial charge on any atom is 0.171 e. The van der Waals surface area contributed by atoms with Gasteiger partial charge in [0, 0.05) is 16.1 Å². The van der Waals surface area contributed by atoms with Crippen LogP contribution in [0.1, 0.15) is 28.9 Å². The van der Waals surface area contributed by atoms with Crippen LogP contribution in [0.2, 0.25) is 0 Å². The minimum Gasteiger partial charge on any atom is -0.492 e. The molecule has 1 unspecified atom stereocenters. The van der Waals surface area contributed by atoms with Crippen molar-refractivity contribution in [3.8, 4) is 11.5 Å². The van der Waals surface area contributed by atoms with Gasteiger partial charge in [-0.2, -0.15) is 0 Å². The summed E-state index contributed by atoms with van der Waals surface area (Å²) < 4.78 is 11.2. The number of aldehydes is 1. The second-order valence-electron chi connectivity index (χ2n) is 3.33. The molecule has 0 radical (unpaired) electrons. The van der Waals surface area contributed by atoms with Crippen LogP contribution in [0.5, 0.6) is 11.5 Å². The third-order valence-corrected chi connectivity index (χ3v) is 2.90. The highest BCUT2D eigenvalue weighted by atomic mass is 79.9. The molecular formula is C11H14BrNO3. The second-order valence-corrected chi connectivity index (χ2v) is 4.19. The van der Waals surface area contributed by atoms with E-state index in [1.54, 1.807) is 6.07 Å². The highest BCUT2D eigenvalue weighted by Gasteiger charge is 2.20. The molecule has 2 N–H and O–H groups in total. The summed E-state index contributed by atoms with van der Waals surface area (Å²) >= 11 is 3.37. The van der Waals surface area contributed by atoms with Crippen molar-refractivity contribution >= 4 is 22.2 Å². The minimum absolute atomic E-state index is 0.223. The van der Waals surface area contributed by atoms with Crippen LogP contribution in [-0.4, -0.2) is 20.5 Å². The summed E-state index contributed by atoms with van der Waals surface area (Å²) in [6, 6.07) is 1.45. The summed E-state index contributed by atoms with van der Waals surface area (Å²) in [6.45, 7) is 1.84. The SMILES string of the molecule is COc1c(C=O)cc(Br)c(C(C)N)c1OC. The van der Waals surface area contributed by atoms with Crippen molar-refractivity contribution in [1.29, 1.82) is 0 Å². The molecule has 1 aromatic rings. The number of nitrogens with two attached hydrogens (primary N) is 1. The average molecular weight is 288 g/mol. The third-order valence-electron chi connectivity index (χ3n) is 2.24. The van der Waals surface area contributed by atoms with Gasteiger partial charge in [-0.15, -0.1) is 0 Å². The fraction of sp³-hybridized carbons (Fsp3) is 0.364. The summed E-state index contributed by atoms with van der Waals surface area (Å²) in [5.41, 5.74) is 7.06. The van der Waals surface area contributed by atoms with E-state index in [-0.39, 0.29) is 6.04 Å². The van der Waals surface area contributed by atoms with Crippen molar-refractivity contribution in [3.05, 3.63) is 21.7 Å². The molecule has 1 aromatic carbocycles. The minimum atomic E-state index is -0.223. The molecule has 4 nitrogen and oxygen atoms in total. The van der Waals surface area contributed by atoms with Crippen LogP contribution in [0, 0.1) is 0 Å². The van der Waals surface area contributed by atoms with Gasteiger partial charge in [-0.25, -0.2) is 0 Å². The van der Waals surface area contributed by atoms with Gasteiger partial charge < -0.3 is 15.2 Å². The largest absolute Gasteiger partial charge is 0.492 e. The Kier molecular flexibility index (Phi) is 4.32. The Morgan fingerprint density at radius 1 is 1.38 bits per heavy atom. The lowest BCUT2D eigenvalue weighted by atomic mass is 10.0. The van der Waals surface area contributed by atoms with Crippen LogP contribution in [-0.2, 0) is 0 Å². The lowest BCUT2D eigenvalue weighted by Gasteiger charge is -2.18. The molecule has 0 saturated heterocycles. The average Bonchev–Trinajstić information content (AvgIpc) is 2.26. The molecule has 0 aliphatic carbocycles. The number of halogens is 1. The highest BCUT2D eigenvalue weighted by molar-refractivity contribution is 9.10. The van der Waals surface area contributed by atoms with Gasteiger partial charge in [-0.3, -0.25) is 4.79 Å². The van der Waals surface area contributed by atoms with E-state index in [2.05, 4.69) is 15.9 Å². The van der Waals surface area contributed by atoms with Crippen molar-refractivity contribution in [1.82, 2.24) is 0 Å². The smallest absolute Gasteiger partial charge is 0.171 e. The van der Waals surface area contributed by atoms with Gasteiger partial charge in [0.2, 0.25) is 0 Å². The van der Waals surface area contributed by atoms with Gasteiger partial charge in [0.05, 0.1) is 19.8 Å². The monoisotopic (exact) mass is 287 g/mol. The van der Waals surface area contributed by atoms with E-state index in [1.807, 2.05) is 6.92 Å². The van der Waals surface area contributed by atoms with Gasteiger partial charge in [0.1, 0.15) is 0 Å². The van der Waals surface area contributed by atoms with Crippen molar-refractivity contribution < 1.29 is 14.3 Å². The van der Waals surface area contributed by atoms with Gasteiger partial charge >= 0.3 is 0 Å². The summed E-state index contributed by atoms with van der Waals surface area (Å²) in [4.78, 5) is 10.9. The molecule has 0 aliphatic rings. The van der Waals surface area contributed by atoms with Gasteiger partial charge in [-0.05, 0) is 13.0 Å². The Hall–Kier alpha value is -1.07. The van der Waals surface area contributed by atoms with Crippen LogP contribution in [0.15, 0.2) is 10.5 Å². The lowest BCUT2D eigenvalue weighted by Crippen LogP contribution is -2.10. The maximum absolute atomic E-state index is 10.9. The number of ether oxygens (including phenoxy) is 2. The molecule has 0 amide bonds. The van der Waals surface area contributed by atoms with E-state index in [0.29, 0.717) is 17.1 Å². The van der Waals surface area contributed by atoms with Gasteiger partial charge in [0.25, 0.3) is 0 Å². The summed E-state index contributed by atoms with van der Waals surface area (Å²) in [5.74, 6) is 0.905. The molecule has 5 heteroatoms. The Balaban J connectivity index is 3.57. The van der Waals surface area contributed by atoms with Gasteiger partial charge in [-0.1, -0.05) is 15.9 Å². The molecule has 0 spiro atoms. The first kappa shape index (κ1) is 13.0. The van der Waals surface area contributed by atoms with Crippen LogP contribution in [0.4, 0.5) is 0 Å². The third kappa shape index (κ3) is 2.20. The summed E-state index contributed by atoms with van der Waals surface area (Å²) in [7, 11) is 3.01. The van der Waals surface area contributed by atoms with Crippen LogP contribution in [0.3, 0.4) is 0 Å². The Bertz CT molecular complexity index is 405. The highest BCUT2D eigenvalue weighted by Crippen LogP contribution is 2.41. The number of benzene rings is 1. The maximum atomic E-state index is 10.9. The zero-order valence-electron chi connectivity index (χ0n) is 9.41. The molecule has 0 heterocycles. The number of hydrogen-bond acceptors (Lipinski definition) is 4. The van der Waals surface area contributed by atoms with E-state index in [1.165, 1.54) is 14.2 Å². The predicted molar refractivity (Wildman–Crippen MR) is 65.2 cm³/mol. The molecule has 1 atom stereocenters.